The Balaban J connectivity index is 1.98. The molecule has 0 aliphatic carbocycles. The lowest BCUT2D eigenvalue weighted by Crippen LogP contribution is -2.15. The molecule has 0 amide bonds. The van der Waals surface area contributed by atoms with Crippen molar-refractivity contribution in [2.24, 2.45) is 0 Å². The first-order valence-electron chi connectivity index (χ1n) is 7.04. The van der Waals surface area contributed by atoms with Crippen LogP contribution in [0.1, 0.15) is 11.5 Å². The maximum Gasteiger partial charge on any atom is 0.455 e. The average molecular weight is 280 g/mol. The molecule has 1 heterocycles. The molecule has 21 heavy (non-hydrogen) atoms. The Hall–Kier alpha value is -2.04. The van der Waals surface area contributed by atoms with Crippen LogP contribution in [0.3, 0.4) is 0 Å². The van der Waals surface area contributed by atoms with Crippen molar-refractivity contribution in [1.82, 2.24) is 0 Å². The normalized spacial score (nSPS) is 20.5. The van der Waals surface area contributed by atoms with Gasteiger partial charge in [-0.25, -0.2) is 0 Å². The van der Waals surface area contributed by atoms with Gasteiger partial charge in [-0.15, -0.1) is 6.58 Å². The number of rotatable bonds is 4. The third-order valence-electron chi connectivity index (χ3n) is 3.81. The second kappa shape index (κ2) is 5.76. The number of benzene rings is 2. The highest BCUT2D eigenvalue weighted by Crippen LogP contribution is 2.43. The lowest BCUT2D eigenvalue weighted by atomic mass is 9.85. The van der Waals surface area contributed by atoms with E-state index in [-0.39, 0.29) is 18.3 Å². The van der Waals surface area contributed by atoms with Crippen LogP contribution >= 0.6 is 0 Å². The third-order valence-corrected chi connectivity index (χ3v) is 3.81. The summed E-state index contributed by atoms with van der Waals surface area (Å²) in [5.74, 6) is 0.941. The monoisotopic (exact) mass is 280 g/mol. The Labute approximate surface area is 124 Å². The van der Waals surface area contributed by atoms with E-state index in [1.807, 2.05) is 30.4 Å². The molecule has 2 atom stereocenters. The molecular formula is C17H17BO3. The molecular weight excluding hydrogens is 263 g/mol. The molecule has 3 rings (SSSR count). The predicted molar refractivity (Wildman–Crippen MR) is 85.4 cm³/mol. The Bertz CT molecular complexity index is 693. The molecule has 1 aliphatic rings. The molecule has 0 spiro atoms. The first-order chi connectivity index (χ1) is 10.2. The summed E-state index contributed by atoms with van der Waals surface area (Å²) in [6.45, 7) is 3.93. The number of hydrogen-bond donors (Lipinski definition) is 2. The molecule has 2 aromatic rings. The molecule has 0 saturated heterocycles. The molecule has 4 heteroatoms. The summed E-state index contributed by atoms with van der Waals surface area (Å²) in [6.07, 6.45) is 5.55. The first kappa shape index (κ1) is 13.9. The van der Waals surface area contributed by atoms with Crippen molar-refractivity contribution in [2.75, 3.05) is 0 Å². The van der Waals surface area contributed by atoms with Gasteiger partial charge in [0.05, 0.1) is 0 Å². The zero-order valence-electron chi connectivity index (χ0n) is 11.6. The van der Waals surface area contributed by atoms with Gasteiger partial charge in [-0.05, 0) is 22.9 Å². The van der Waals surface area contributed by atoms with Crippen molar-refractivity contribution in [3.63, 3.8) is 0 Å². The Morgan fingerprint density at radius 3 is 2.76 bits per heavy atom. The van der Waals surface area contributed by atoms with Crippen LogP contribution in [0.25, 0.3) is 10.8 Å². The maximum atomic E-state index is 8.91. The first-order valence-corrected chi connectivity index (χ1v) is 7.04. The van der Waals surface area contributed by atoms with E-state index in [0.29, 0.717) is 0 Å². The summed E-state index contributed by atoms with van der Waals surface area (Å²) in [5, 5.41) is 20.2. The minimum atomic E-state index is -1.33. The summed E-state index contributed by atoms with van der Waals surface area (Å²) in [5.41, 5.74) is 1.15. The van der Waals surface area contributed by atoms with Gasteiger partial charge in [0.25, 0.3) is 0 Å². The highest BCUT2D eigenvalue weighted by Gasteiger charge is 2.31. The SMILES string of the molecule is C=CC1c2c(ccc3ccccc23)OC1/C=C\CB(O)O. The van der Waals surface area contributed by atoms with Gasteiger partial charge < -0.3 is 14.8 Å². The molecule has 106 valence electrons. The van der Waals surface area contributed by atoms with Crippen molar-refractivity contribution < 1.29 is 14.8 Å². The fourth-order valence-corrected chi connectivity index (χ4v) is 2.85. The van der Waals surface area contributed by atoms with Crippen molar-refractivity contribution in [1.29, 1.82) is 0 Å². The van der Waals surface area contributed by atoms with Crippen LogP contribution in [0.4, 0.5) is 0 Å². The zero-order valence-corrected chi connectivity index (χ0v) is 11.6. The number of hydrogen-bond acceptors (Lipinski definition) is 3. The Morgan fingerprint density at radius 1 is 1.19 bits per heavy atom. The smallest absolute Gasteiger partial charge is 0.455 e. The maximum absolute atomic E-state index is 8.91. The van der Waals surface area contributed by atoms with Crippen LogP contribution in [0, 0.1) is 0 Å². The molecule has 0 radical (unpaired) electrons. The predicted octanol–water partition coefficient (Wildman–Crippen LogP) is 2.90. The van der Waals surface area contributed by atoms with Crippen LogP contribution in [-0.4, -0.2) is 23.3 Å². The molecule has 1 aliphatic heterocycles. The second-order valence-electron chi connectivity index (χ2n) is 5.19. The zero-order chi connectivity index (χ0) is 14.8. The van der Waals surface area contributed by atoms with Gasteiger partial charge in [0.1, 0.15) is 11.9 Å². The largest absolute Gasteiger partial charge is 0.485 e. The van der Waals surface area contributed by atoms with E-state index in [9.17, 15) is 0 Å². The van der Waals surface area contributed by atoms with Gasteiger partial charge in [-0.3, -0.25) is 0 Å². The molecule has 3 nitrogen and oxygen atoms in total. The standard InChI is InChI=1S/C17H17BO3/c1-2-13-15(8-5-11-18(19)20)21-16-10-9-12-6-3-4-7-14(12)17(13)16/h2-10,13,15,19-20H,1,11H2/b8-5-. The van der Waals surface area contributed by atoms with Crippen LogP contribution < -0.4 is 4.74 Å². The highest BCUT2D eigenvalue weighted by atomic mass is 16.5. The summed E-state index contributed by atoms with van der Waals surface area (Å²) in [7, 11) is -1.33. The number of allylic oxidation sites excluding steroid dienone is 1. The number of ether oxygens (including phenoxy) is 1. The molecule has 0 saturated carbocycles. The van der Waals surface area contributed by atoms with E-state index in [1.165, 1.54) is 10.8 Å². The van der Waals surface area contributed by atoms with Crippen LogP contribution in [-0.2, 0) is 0 Å². The Morgan fingerprint density at radius 2 is 2.00 bits per heavy atom. The van der Waals surface area contributed by atoms with Crippen molar-refractivity contribution >= 4 is 17.9 Å². The number of fused-ring (bicyclic) bond motifs is 3. The lowest BCUT2D eigenvalue weighted by molar-refractivity contribution is 0.270. The van der Waals surface area contributed by atoms with Gasteiger partial charge in [-0.2, -0.15) is 0 Å². The van der Waals surface area contributed by atoms with Gasteiger partial charge >= 0.3 is 7.12 Å². The van der Waals surface area contributed by atoms with Crippen LogP contribution in [0.2, 0.25) is 6.32 Å². The van der Waals surface area contributed by atoms with Gasteiger partial charge in [0.2, 0.25) is 0 Å². The average Bonchev–Trinajstić information content (AvgIpc) is 2.84. The van der Waals surface area contributed by atoms with E-state index in [1.54, 1.807) is 6.08 Å². The van der Waals surface area contributed by atoms with Gasteiger partial charge in [-0.1, -0.05) is 42.5 Å². The minimum Gasteiger partial charge on any atom is -0.485 e. The quantitative estimate of drug-likeness (QED) is 0.668. The fraction of sp³-hybridized carbons (Fsp3) is 0.176. The molecule has 2 unspecified atom stereocenters. The van der Waals surface area contributed by atoms with Gasteiger partial charge in [0.15, 0.2) is 0 Å². The summed E-state index contributed by atoms with van der Waals surface area (Å²) < 4.78 is 5.98. The summed E-state index contributed by atoms with van der Waals surface area (Å²) in [6, 6.07) is 12.3. The molecule has 2 N–H and O–H groups in total. The summed E-state index contributed by atoms with van der Waals surface area (Å²) >= 11 is 0. The molecule has 0 aromatic heterocycles. The highest BCUT2D eigenvalue weighted by molar-refractivity contribution is 6.41. The van der Waals surface area contributed by atoms with Crippen molar-refractivity contribution in [3.8, 4) is 5.75 Å². The minimum absolute atomic E-state index is 0.0678. The van der Waals surface area contributed by atoms with E-state index in [0.717, 1.165) is 11.3 Å². The molecule has 0 bridgehead atoms. The van der Waals surface area contributed by atoms with Crippen LogP contribution in [0.15, 0.2) is 61.2 Å². The van der Waals surface area contributed by atoms with E-state index < -0.39 is 7.12 Å². The molecule has 2 aromatic carbocycles. The van der Waals surface area contributed by atoms with Gasteiger partial charge in [0, 0.05) is 17.8 Å². The summed E-state index contributed by atoms with van der Waals surface area (Å²) in [4.78, 5) is 0. The van der Waals surface area contributed by atoms with Crippen molar-refractivity contribution in [2.45, 2.75) is 18.3 Å². The third kappa shape index (κ3) is 2.60. The van der Waals surface area contributed by atoms with E-state index >= 15 is 0 Å². The second-order valence-corrected chi connectivity index (χ2v) is 5.19. The van der Waals surface area contributed by atoms with E-state index in [4.69, 9.17) is 14.8 Å². The van der Waals surface area contributed by atoms with Crippen LogP contribution in [0.5, 0.6) is 5.75 Å². The van der Waals surface area contributed by atoms with Crippen molar-refractivity contribution in [3.05, 3.63) is 66.8 Å². The fourth-order valence-electron chi connectivity index (χ4n) is 2.85. The molecule has 0 fully saturated rings. The topological polar surface area (TPSA) is 49.7 Å². The van der Waals surface area contributed by atoms with E-state index in [2.05, 4.69) is 24.8 Å². The Kier molecular flexibility index (Phi) is 3.82. The lowest BCUT2D eigenvalue weighted by Gasteiger charge is -2.12.